The average Bonchev–Trinajstić information content (AvgIpc) is 2.96. The van der Waals surface area contributed by atoms with Gasteiger partial charge in [0.15, 0.2) is 11.1 Å². The van der Waals surface area contributed by atoms with Gasteiger partial charge in [-0.2, -0.15) is 4.98 Å². The first-order valence-electron chi connectivity index (χ1n) is 12.8. The Labute approximate surface area is 226 Å². The fraction of sp³-hybridized carbons (Fsp3) is 0.241. The zero-order valence-corrected chi connectivity index (χ0v) is 21.8. The van der Waals surface area contributed by atoms with Crippen LogP contribution < -0.4 is 21.0 Å². The molecule has 2 aromatic heterocycles. The second-order valence-corrected chi connectivity index (χ2v) is 9.41. The zero-order valence-electron chi connectivity index (χ0n) is 21.8. The lowest BCUT2D eigenvalue weighted by atomic mass is 10.2. The Bertz CT molecular complexity index is 1560. The summed E-state index contributed by atoms with van der Waals surface area (Å²) in [5.74, 6) is 0.0536. The van der Waals surface area contributed by atoms with E-state index in [9.17, 15) is 9.59 Å². The third-order valence-electron chi connectivity index (χ3n) is 6.78. The molecule has 2 aromatic carbocycles. The molecule has 1 saturated heterocycles. The summed E-state index contributed by atoms with van der Waals surface area (Å²) in [6.45, 7) is 9.83. The number of pyridine rings is 1. The van der Waals surface area contributed by atoms with E-state index in [-0.39, 0.29) is 17.9 Å². The van der Waals surface area contributed by atoms with Gasteiger partial charge in [0.05, 0.1) is 12.0 Å². The molecule has 5 rings (SSSR count). The molecule has 10 nitrogen and oxygen atoms in total. The minimum Gasteiger partial charge on any atom is -0.395 e. The largest absolute Gasteiger partial charge is 0.395 e. The standard InChI is InChI=1S/C29H31N7O3/c1-3-26(38)31-22-5-4-6-24(17-22)36-19-20(2)27(39)25-18-30-29(33-28(25)36)32-21-7-9-23(10-8-21)35-13-11-34(12-14-35)15-16-37/h3-10,17-19,37H,1,11-16H2,2H3,(H,31,38)(H,30,32,33). The van der Waals surface area contributed by atoms with Crippen molar-refractivity contribution in [3.63, 3.8) is 0 Å². The van der Waals surface area contributed by atoms with Gasteiger partial charge in [-0.1, -0.05) is 12.6 Å². The molecule has 0 saturated carbocycles. The van der Waals surface area contributed by atoms with Crippen LogP contribution >= 0.6 is 0 Å². The van der Waals surface area contributed by atoms with E-state index in [4.69, 9.17) is 10.1 Å². The predicted octanol–water partition coefficient (Wildman–Crippen LogP) is 3.07. The van der Waals surface area contributed by atoms with Crippen LogP contribution in [0.2, 0.25) is 0 Å². The van der Waals surface area contributed by atoms with Crippen LogP contribution in [0.4, 0.5) is 23.0 Å². The van der Waals surface area contributed by atoms with Crippen LogP contribution in [0, 0.1) is 6.92 Å². The number of nitrogens with zero attached hydrogens (tertiary/aromatic N) is 5. The van der Waals surface area contributed by atoms with E-state index >= 15 is 0 Å². The van der Waals surface area contributed by atoms with E-state index in [0.29, 0.717) is 34.8 Å². The third-order valence-corrected chi connectivity index (χ3v) is 6.78. The maximum Gasteiger partial charge on any atom is 0.247 e. The fourth-order valence-electron chi connectivity index (χ4n) is 4.68. The van der Waals surface area contributed by atoms with Gasteiger partial charge >= 0.3 is 0 Å². The second kappa shape index (κ2) is 11.5. The van der Waals surface area contributed by atoms with Gasteiger partial charge < -0.3 is 25.2 Å². The van der Waals surface area contributed by atoms with Crippen molar-refractivity contribution >= 4 is 40.0 Å². The molecule has 4 aromatic rings. The number of rotatable bonds is 8. The van der Waals surface area contributed by atoms with Gasteiger partial charge in [-0.05, 0) is 55.5 Å². The van der Waals surface area contributed by atoms with Gasteiger partial charge in [0.2, 0.25) is 11.9 Å². The molecule has 200 valence electrons. The molecule has 0 unspecified atom stereocenters. The number of aryl methyl sites for hydroxylation is 1. The Hall–Kier alpha value is -4.54. The molecular weight excluding hydrogens is 494 g/mol. The summed E-state index contributed by atoms with van der Waals surface area (Å²) < 4.78 is 1.82. The van der Waals surface area contributed by atoms with Crippen LogP contribution in [0.3, 0.4) is 0 Å². The summed E-state index contributed by atoms with van der Waals surface area (Å²) in [6.07, 6.45) is 4.49. The molecule has 10 heteroatoms. The van der Waals surface area contributed by atoms with Gasteiger partial charge in [0.1, 0.15) is 0 Å². The molecule has 39 heavy (non-hydrogen) atoms. The summed E-state index contributed by atoms with van der Waals surface area (Å²) in [4.78, 5) is 38.4. The topological polar surface area (TPSA) is 116 Å². The molecule has 1 amide bonds. The van der Waals surface area contributed by atoms with Crippen LogP contribution in [-0.2, 0) is 4.79 Å². The summed E-state index contributed by atoms with van der Waals surface area (Å²) in [5, 5.41) is 15.6. The quantitative estimate of drug-likeness (QED) is 0.301. The highest BCUT2D eigenvalue weighted by molar-refractivity contribution is 5.99. The number of aromatic nitrogens is 3. The van der Waals surface area contributed by atoms with Gasteiger partial charge in [0, 0.05) is 73.4 Å². The molecule has 0 radical (unpaired) electrons. The van der Waals surface area contributed by atoms with Gasteiger partial charge in [-0.3, -0.25) is 14.5 Å². The molecule has 1 fully saturated rings. The highest BCUT2D eigenvalue weighted by Crippen LogP contribution is 2.23. The monoisotopic (exact) mass is 525 g/mol. The molecule has 1 aliphatic heterocycles. The molecule has 0 aliphatic carbocycles. The van der Waals surface area contributed by atoms with Crippen LogP contribution in [0.5, 0.6) is 0 Å². The Kier molecular flexibility index (Phi) is 7.67. The molecule has 0 atom stereocenters. The van der Waals surface area contributed by atoms with Crippen molar-refractivity contribution in [3.8, 4) is 5.69 Å². The van der Waals surface area contributed by atoms with Crippen LogP contribution in [0.25, 0.3) is 16.7 Å². The number of β-amino-alcohol motifs (C(OH)–C–C–N with tert-alkyl or cyclic N) is 1. The van der Waals surface area contributed by atoms with Crippen molar-refractivity contribution in [1.82, 2.24) is 19.4 Å². The molecule has 1 aliphatic rings. The normalized spacial score (nSPS) is 13.8. The minimum absolute atomic E-state index is 0.132. The Morgan fingerprint density at radius 2 is 1.85 bits per heavy atom. The number of aliphatic hydroxyl groups is 1. The first kappa shape index (κ1) is 26.1. The first-order chi connectivity index (χ1) is 18.9. The number of aliphatic hydroxyl groups excluding tert-OH is 1. The average molecular weight is 526 g/mol. The Morgan fingerprint density at radius 1 is 1.08 bits per heavy atom. The molecule has 3 N–H and O–H groups in total. The van der Waals surface area contributed by atoms with E-state index in [1.807, 2.05) is 34.9 Å². The van der Waals surface area contributed by atoms with E-state index < -0.39 is 0 Å². The van der Waals surface area contributed by atoms with Crippen LogP contribution in [0.15, 0.2) is 78.4 Å². The maximum absolute atomic E-state index is 12.9. The second-order valence-electron chi connectivity index (χ2n) is 9.41. The SMILES string of the molecule is C=CC(=O)Nc1cccc(-n2cc(C)c(=O)c3cnc(Nc4ccc(N5CCN(CCO)CC5)cc4)nc32)c1. The lowest BCUT2D eigenvalue weighted by molar-refractivity contribution is -0.111. The number of carbonyl (C=O) groups is 1. The predicted molar refractivity (Wildman–Crippen MR) is 154 cm³/mol. The highest BCUT2D eigenvalue weighted by Gasteiger charge is 2.17. The lowest BCUT2D eigenvalue weighted by Crippen LogP contribution is -2.47. The number of benzene rings is 2. The van der Waals surface area contributed by atoms with Crippen LogP contribution in [0.1, 0.15) is 5.56 Å². The lowest BCUT2D eigenvalue weighted by Gasteiger charge is -2.35. The number of piperazine rings is 1. The summed E-state index contributed by atoms with van der Waals surface area (Å²) in [7, 11) is 0. The van der Waals surface area contributed by atoms with E-state index in [1.165, 1.54) is 6.08 Å². The number of hydrogen-bond donors (Lipinski definition) is 3. The van der Waals surface area contributed by atoms with Crippen molar-refractivity contribution in [2.24, 2.45) is 0 Å². The van der Waals surface area contributed by atoms with E-state index in [0.717, 1.165) is 43.2 Å². The highest BCUT2D eigenvalue weighted by atomic mass is 16.3. The number of carbonyl (C=O) groups excluding carboxylic acids is 1. The first-order valence-corrected chi connectivity index (χ1v) is 12.8. The number of nitrogens with one attached hydrogen (secondary N) is 2. The van der Waals surface area contributed by atoms with Crippen molar-refractivity contribution in [1.29, 1.82) is 0 Å². The maximum atomic E-state index is 12.9. The fourth-order valence-corrected chi connectivity index (χ4v) is 4.68. The summed E-state index contributed by atoms with van der Waals surface area (Å²) >= 11 is 0. The molecule has 0 bridgehead atoms. The zero-order chi connectivity index (χ0) is 27.4. The number of fused-ring (bicyclic) bond motifs is 1. The smallest absolute Gasteiger partial charge is 0.247 e. The third kappa shape index (κ3) is 5.82. The van der Waals surface area contributed by atoms with Gasteiger partial charge in [0.25, 0.3) is 0 Å². The van der Waals surface area contributed by atoms with Crippen molar-refractivity contribution in [2.75, 3.05) is 54.9 Å². The van der Waals surface area contributed by atoms with Crippen molar-refractivity contribution in [3.05, 3.63) is 89.4 Å². The van der Waals surface area contributed by atoms with Crippen LogP contribution in [-0.4, -0.2) is 69.8 Å². The number of hydrogen-bond acceptors (Lipinski definition) is 8. The van der Waals surface area contributed by atoms with E-state index in [2.05, 4.69) is 44.1 Å². The number of amides is 1. The van der Waals surface area contributed by atoms with Crippen molar-refractivity contribution in [2.45, 2.75) is 6.92 Å². The van der Waals surface area contributed by atoms with Crippen molar-refractivity contribution < 1.29 is 9.90 Å². The minimum atomic E-state index is -0.308. The molecular formula is C29H31N7O3. The Balaban J connectivity index is 1.40. The molecule has 3 heterocycles. The van der Waals surface area contributed by atoms with Gasteiger partial charge in [-0.15, -0.1) is 0 Å². The Morgan fingerprint density at radius 3 is 2.56 bits per heavy atom. The molecule has 0 spiro atoms. The summed E-state index contributed by atoms with van der Waals surface area (Å²) in [5.41, 5.74) is 4.17. The summed E-state index contributed by atoms with van der Waals surface area (Å²) in [6, 6.07) is 15.4. The van der Waals surface area contributed by atoms with Gasteiger partial charge in [-0.25, -0.2) is 4.98 Å². The van der Waals surface area contributed by atoms with E-state index in [1.54, 1.807) is 25.4 Å². The number of anilines is 4.